The van der Waals surface area contributed by atoms with Crippen molar-refractivity contribution in [2.24, 2.45) is 0 Å². The maximum atomic E-state index is 13.9. The Kier molecular flexibility index (Phi) is 5.08. The number of benzene rings is 4. The molecule has 4 aromatic carbocycles. The van der Waals surface area contributed by atoms with Gasteiger partial charge in [-0.25, -0.2) is 8.78 Å². The fourth-order valence-corrected chi connectivity index (χ4v) is 5.43. The Bertz CT molecular complexity index is 1870. The lowest BCUT2D eigenvalue weighted by Gasteiger charge is -2.11. The normalized spacial score (nSPS) is 11.8. The van der Waals surface area contributed by atoms with Crippen LogP contribution in [0.3, 0.4) is 0 Å². The second-order valence-electron chi connectivity index (χ2n) is 8.87. The van der Waals surface area contributed by atoms with Crippen molar-refractivity contribution < 1.29 is 22.0 Å². The summed E-state index contributed by atoms with van der Waals surface area (Å²) in [5.41, 5.74) is 1.88. The van der Waals surface area contributed by atoms with E-state index in [1.165, 1.54) is 66.7 Å². The van der Waals surface area contributed by atoms with Gasteiger partial charge in [-0.15, -0.1) is 0 Å². The van der Waals surface area contributed by atoms with E-state index < -0.39 is 23.4 Å². The predicted octanol–water partition coefficient (Wildman–Crippen LogP) is 8.08. The number of rotatable bonds is 2. The Labute approximate surface area is 212 Å². The predicted molar refractivity (Wildman–Crippen MR) is 135 cm³/mol. The molecular formula is C31H13F5N2. The van der Waals surface area contributed by atoms with Crippen LogP contribution in [0.1, 0.15) is 5.56 Å². The summed E-state index contributed by atoms with van der Waals surface area (Å²) < 4.78 is 69.6. The highest BCUT2D eigenvalue weighted by Gasteiger charge is 2.36. The lowest BCUT2D eigenvalue weighted by Crippen LogP contribution is -2.09. The highest BCUT2D eigenvalue weighted by molar-refractivity contribution is 6.30. The Morgan fingerprint density at radius 3 is 1.53 bits per heavy atom. The van der Waals surface area contributed by atoms with Crippen LogP contribution in [0.5, 0.6) is 0 Å². The van der Waals surface area contributed by atoms with Crippen molar-refractivity contribution in [1.82, 2.24) is 0 Å². The van der Waals surface area contributed by atoms with Gasteiger partial charge in [-0.2, -0.15) is 23.7 Å². The number of hydrogen-bond donors (Lipinski definition) is 0. The number of hydrogen-bond acceptors (Lipinski definition) is 2. The van der Waals surface area contributed by atoms with Gasteiger partial charge in [0.1, 0.15) is 29.3 Å². The van der Waals surface area contributed by atoms with Gasteiger partial charge >= 0.3 is 6.18 Å². The van der Waals surface area contributed by atoms with Gasteiger partial charge in [0.2, 0.25) is 0 Å². The fourth-order valence-electron chi connectivity index (χ4n) is 5.43. The maximum absolute atomic E-state index is 13.9. The van der Waals surface area contributed by atoms with Crippen molar-refractivity contribution >= 4 is 27.1 Å². The molecule has 0 bridgehead atoms. The minimum Gasteiger partial charge on any atom is -0.207 e. The molecule has 0 spiro atoms. The van der Waals surface area contributed by atoms with E-state index in [1.54, 1.807) is 6.07 Å². The third-order valence-electron chi connectivity index (χ3n) is 6.87. The zero-order valence-electron chi connectivity index (χ0n) is 19.3. The standard InChI is InChI=1S/C31H13F5N2/c32-19-8-4-16(5-9-19)25-27(18(14-37)15-38)26(17-6-10-20(33)11-7-17)30-23-12-13-24(31(34,35)36)21-2-1-3-22(28(21)23)29(25)30/h1-13H. The Balaban J connectivity index is 1.94. The van der Waals surface area contributed by atoms with Crippen LogP contribution >= 0.6 is 0 Å². The molecule has 4 aromatic rings. The molecule has 0 amide bonds. The van der Waals surface area contributed by atoms with Gasteiger partial charge in [-0.3, -0.25) is 0 Å². The third-order valence-corrected chi connectivity index (χ3v) is 6.87. The second-order valence-corrected chi connectivity index (χ2v) is 8.87. The highest BCUT2D eigenvalue weighted by Crippen LogP contribution is 2.53. The summed E-state index contributed by atoms with van der Waals surface area (Å²) in [7, 11) is 0. The van der Waals surface area contributed by atoms with Crippen LogP contribution in [0.4, 0.5) is 22.0 Å². The van der Waals surface area contributed by atoms with Gasteiger partial charge in [0.15, 0.2) is 0 Å². The van der Waals surface area contributed by atoms with E-state index in [-0.39, 0.29) is 16.2 Å². The van der Waals surface area contributed by atoms with Gasteiger partial charge < -0.3 is 0 Å². The molecule has 0 heterocycles. The molecule has 2 aliphatic rings. The van der Waals surface area contributed by atoms with Gasteiger partial charge in [-0.1, -0.05) is 48.5 Å². The first kappa shape index (κ1) is 23.4. The molecule has 0 saturated carbocycles. The Morgan fingerprint density at radius 1 is 0.579 bits per heavy atom. The third kappa shape index (κ3) is 3.29. The smallest absolute Gasteiger partial charge is 0.207 e. The van der Waals surface area contributed by atoms with E-state index >= 15 is 0 Å². The Morgan fingerprint density at radius 2 is 1.05 bits per heavy atom. The minimum absolute atomic E-state index is 0.0186. The van der Waals surface area contributed by atoms with Gasteiger partial charge in [0, 0.05) is 16.3 Å². The van der Waals surface area contributed by atoms with Crippen molar-refractivity contribution in [3.63, 3.8) is 0 Å². The quantitative estimate of drug-likeness (QED) is 0.222. The van der Waals surface area contributed by atoms with Gasteiger partial charge in [0.05, 0.1) is 5.56 Å². The highest BCUT2D eigenvalue weighted by atomic mass is 19.4. The lowest BCUT2D eigenvalue weighted by molar-refractivity contribution is -0.136. The molecule has 0 unspecified atom stereocenters. The van der Waals surface area contributed by atoms with Gasteiger partial charge in [0.25, 0.3) is 0 Å². The van der Waals surface area contributed by atoms with Crippen LogP contribution in [0, 0.1) is 34.3 Å². The largest absolute Gasteiger partial charge is 0.417 e. The number of halogens is 5. The number of fused-ring (bicyclic) bond motifs is 3. The lowest BCUT2D eigenvalue weighted by atomic mass is 9.96. The van der Waals surface area contributed by atoms with E-state index in [1.807, 2.05) is 12.1 Å². The molecule has 0 aromatic heterocycles. The molecule has 2 aliphatic carbocycles. The average Bonchev–Trinajstić information content (AvgIpc) is 3.40. The first-order valence-corrected chi connectivity index (χ1v) is 11.4. The molecule has 0 radical (unpaired) electrons. The van der Waals surface area contributed by atoms with Crippen molar-refractivity contribution in [2.45, 2.75) is 6.18 Å². The molecule has 38 heavy (non-hydrogen) atoms. The van der Waals surface area contributed by atoms with Crippen molar-refractivity contribution in [3.05, 3.63) is 101 Å². The molecule has 0 fully saturated rings. The number of alkyl halides is 3. The summed E-state index contributed by atoms with van der Waals surface area (Å²) in [4.78, 5) is 0. The van der Waals surface area contributed by atoms with Crippen LogP contribution in [-0.2, 0) is 6.18 Å². The van der Waals surface area contributed by atoms with E-state index in [0.29, 0.717) is 49.5 Å². The van der Waals surface area contributed by atoms with Crippen molar-refractivity contribution in [1.29, 1.82) is 10.5 Å². The van der Waals surface area contributed by atoms with Crippen LogP contribution in [0.15, 0.2) is 78.9 Å². The average molecular weight is 508 g/mol. The summed E-state index contributed by atoms with van der Waals surface area (Å²) >= 11 is 0. The van der Waals surface area contributed by atoms with Crippen LogP contribution in [0.2, 0.25) is 0 Å². The zero-order chi connectivity index (χ0) is 26.8. The molecule has 2 nitrogen and oxygen atoms in total. The molecule has 0 aliphatic heterocycles. The van der Waals surface area contributed by atoms with E-state index in [2.05, 4.69) is 0 Å². The molecule has 0 N–H and O–H groups in total. The zero-order valence-corrected chi connectivity index (χ0v) is 19.3. The summed E-state index contributed by atoms with van der Waals surface area (Å²) in [5, 5.41) is 21.5. The first-order valence-electron chi connectivity index (χ1n) is 11.4. The topological polar surface area (TPSA) is 47.6 Å². The van der Waals surface area contributed by atoms with Crippen molar-refractivity contribution in [2.75, 3.05) is 0 Å². The van der Waals surface area contributed by atoms with E-state index in [0.717, 1.165) is 6.07 Å². The minimum atomic E-state index is -4.59. The summed E-state index contributed by atoms with van der Waals surface area (Å²) in [6.45, 7) is 0. The number of nitriles is 2. The molecular weight excluding hydrogens is 495 g/mol. The summed E-state index contributed by atoms with van der Waals surface area (Å²) in [6, 6.07) is 21.9. The molecule has 182 valence electrons. The monoisotopic (exact) mass is 508 g/mol. The maximum Gasteiger partial charge on any atom is 0.417 e. The van der Waals surface area contributed by atoms with Crippen LogP contribution in [-0.4, -0.2) is 0 Å². The SMILES string of the molecule is N#CC(C#N)=c1c(-c2ccc(F)cc2)c2c3cccc4c(C(F)(F)F)ccc(c-2c1-c1ccc(F)cc1)c43. The van der Waals surface area contributed by atoms with Gasteiger partial charge in [-0.05, 0) is 74.1 Å². The van der Waals surface area contributed by atoms with Crippen molar-refractivity contribution in [3.8, 4) is 45.5 Å². The summed E-state index contributed by atoms with van der Waals surface area (Å²) in [5.74, 6) is -0.996. The number of nitrogens with zero attached hydrogens (tertiary/aromatic N) is 2. The van der Waals surface area contributed by atoms with E-state index in [4.69, 9.17) is 0 Å². The molecule has 6 rings (SSSR count). The fraction of sp³-hybridized carbons (Fsp3) is 0.0323. The van der Waals surface area contributed by atoms with Crippen LogP contribution in [0.25, 0.3) is 60.5 Å². The Hall–Kier alpha value is -5.01. The van der Waals surface area contributed by atoms with E-state index in [9.17, 15) is 32.5 Å². The summed E-state index contributed by atoms with van der Waals surface area (Å²) in [6.07, 6.45) is -4.59. The molecule has 0 saturated heterocycles. The second kappa shape index (κ2) is 8.26. The molecule has 0 atom stereocenters. The molecule has 7 heteroatoms. The van der Waals surface area contributed by atoms with Crippen LogP contribution < -0.4 is 5.22 Å². The first-order chi connectivity index (χ1) is 18.2.